The molecule has 0 saturated heterocycles. The Morgan fingerprint density at radius 1 is 1.00 bits per heavy atom. The summed E-state index contributed by atoms with van der Waals surface area (Å²) in [5.41, 5.74) is 3.50. The van der Waals surface area contributed by atoms with Gasteiger partial charge >= 0.3 is 0 Å². The molecule has 0 fully saturated rings. The third-order valence-corrected chi connectivity index (χ3v) is 3.94. The van der Waals surface area contributed by atoms with Crippen molar-refractivity contribution in [2.24, 2.45) is 0 Å². The Labute approximate surface area is 97.3 Å². The Morgan fingerprint density at radius 3 is 2.69 bits per heavy atom. The molecule has 3 rings (SSSR count). The summed E-state index contributed by atoms with van der Waals surface area (Å²) in [5, 5.41) is 2.85. The van der Waals surface area contributed by atoms with Crippen LogP contribution in [-0.4, -0.2) is 0 Å². The van der Waals surface area contributed by atoms with E-state index < -0.39 is 0 Å². The quantitative estimate of drug-likeness (QED) is 0.602. The van der Waals surface area contributed by atoms with E-state index in [9.17, 15) is 0 Å². The van der Waals surface area contributed by atoms with Gasteiger partial charge in [0.15, 0.2) is 0 Å². The molecule has 0 saturated carbocycles. The molecule has 0 N–H and O–H groups in total. The molecule has 2 aromatic carbocycles. The zero-order valence-corrected chi connectivity index (χ0v) is 10.1. The van der Waals surface area contributed by atoms with Gasteiger partial charge in [-0.15, -0.1) is 0 Å². The smallest absolute Gasteiger partial charge is 0.00946 e. The molecule has 1 aliphatic carbocycles. The van der Waals surface area contributed by atoms with E-state index in [0.717, 1.165) is 0 Å². The predicted molar refractivity (Wildman–Crippen MR) is 69.9 cm³/mol. The number of hydrogen-bond acceptors (Lipinski definition) is 0. The first-order valence-corrected chi connectivity index (χ1v) is 6.20. The first-order chi connectivity index (χ1) is 7.68. The predicted octanol–water partition coefficient (Wildman–Crippen LogP) is 4.45. The van der Waals surface area contributed by atoms with E-state index in [0.29, 0.717) is 5.41 Å². The van der Waals surface area contributed by atoms with E-state index >= 15 is 0 Å². The van der Waals surface area contributed by atoms with E-state index in [4.69, 9.17) is 0 Å². The van der Waals surface area contributed by atoms with Crippen LogP contribution in [0.25, 0.3) is 10.8 Å². The van der Waals surface area contributed by atoms with Gasteiger partial charge in [-0.2, -0.15) is 0 Å². The lowest BCUT2D eigenvalue weighted by atomic mass is 9.71. The average molecular weight is 210 g/mol. The van der Waals surface area contributed by atoms with Crippen LogP contribution in [0.2, 0.25) is 0 Å². The molecule has 2 aromatic rings. The van der Waals surface area contributed by atoms with Gasteiger partial charge in [-0.25, -0.2) is 0 Å². The summed E-state index contributed by atoms with van der Waals surface area (Å²) < 4.78 is 0. The number of fused-ring (bicyclic) bond motifs is 3. The summed E-state index contributed by atoms with van der Waals surface area (Å²) in [6.45, 7) is 4.77. The van der Waals surface area contributed by atoms with E-state index in [-0.39, 0.29) is 0 Å². The highest BCUT2D eigenvalue weighted by Gasteiger charge is 2.28. The third kappa shape index (κ3) is 1.36. The van der Waals surface area contributed by atoms with Crippen molar-refractivity contribution >= 4 is 10.8 Å². The maximum absolute atomic E-state index is 2.39. The van der Waals surface area contributed by atoms with E-state index in [1.807, 2.05) is 0 Å². The minimum Gasteiger partial charge on any atom is -0.0616 e. The fourth-order valence-corrected chi connectivity index (χ4v) is 3.17. The molecule has 16 heavy (non-hydrogen) atoms. The average Bonchev–Trinajstić information content (AvgIpc) is 2.28. The number of benzene rings is 2. The standard InChI is InChI=1S/C16H18/c1-16(2)11-5-7-13-10-9-12-6-3-4-8-14(12)15(13)16/h3-4,6,8-10H,5,7,11H2,1-2H3. The van der Waals surface area contributed by atoms with E-state index in [2.05, 4.69) is 50.2 Å². The van der Waals surface area contributed by atoms with Gasteiger partial charge in [-0.05, 0) is 46.6 Å². The van der Waals surface area contributed by atoms with Gasteiger partial charge in [0.1, 0.15) is 0 Å². The molecule has 0 heteroatoms. The Hall–Kier alpha value is -1.30. The zero-order valence-electron chi connectivity index (χ0n) is 10.1. The van der Waals surface area contributed by atoms with Crippen LogP contribution < -0.4 is 0 Å². The van der Waals surface area contributed by atoms with Crippen molar-refractivity contribution in [2.75, 3.05) is 0 Å². The summed E-state index contributed by atoms with van der Waals surface area (Å²) in [6.07, 6.45) is 3.90. The molecule has 0 atom stereocenters. The van der Waals surface area contributed by atoms with Gasteiger partial charge in [-0.3, -0.25) is 0 Å². The normalized spacial score (nSPS) is 18.4. The van der Waals surface area contributed by atoms with Gasteiger partial charge in [0, 0.05) is 0 Å². The maximum Gasteiger partial charge on any atom is -0.00946 e. The first kappa shape index (κ1) is 9.89. The molecule has 0 nitrogen and oxygen atoms in total. The molecule has 0 bridgehead atoms. The molecule has 0 radical (unpaired) electrons. The fraction of sp³-hybridized carbons (Fsp3) is 0.375. The van der Waals surface area contributed by atoms with E-state index in [1.54, 1.807) is 11.1 Å². The van der Waals surface area contributed by atoms with Gasteiger partial charge < -0.3 is 0 Å². The fourth-order valence-electron chi connectivity index (χ4n) is 3.17. The molecule has 0 aliphatic heterocycles. The number of aryl methyl sites for hydroxylation is 1. The van der Waals surface area contributed by atoms with Crippen LogP contribution >= 0.6 is 0 Å². The van der Waals surface area contributed by atoms with Crippen LogP contribution in [0.4, 0.5) is 0 Å². The second-order valence-corrected chi connectivity index (χ2v) is 5.56. The molecular weight excluding hydrogens is 192 g/mol. The van der Waals surface area contributed by atoms with Crippen molar-refractivity contribution in [1.82, 2.24) is 0 Å². The molecular formula is C16H18. The molecule has 0 unspecified atom stereocenters. The maximum atomic E-state index is 2.39. The zero-order chi connectivity index (χ0) is 11.2. The summed E-state index contributed by atoms with van der Waals surface area (Å²) in [5.74, 6) is 0. The minimum absolute atomic E-state index is 0.342. The Kier molecular flexibility index (Phi) is 2.07. The highest BCUT2D eigenvalue weighted by molar-refractivity contribution is 5.88. The Bertz CT molecular complexity index is 535. The highest BCUT2D eigenvalue weighted by atomic mass is 14.3. The SMILES string of the molecule is CC1(C)CCCc2ccc3ccccc3c21. The Balaban J connectivity index is 2.39. The topological polar surface area (TPSA) is 0 Å². The van der Waals surface area contributed by atoms with Gasteiger partial charge in [-0.1, -0.05) is 50.2 Å². The van der Waals surface area contributed by atoms with Crippen LogP contribution in [0.1, 0.15) is 37.8 Å². The largest absolute Gasteiger partial charge is 0.0616 e. The summed E-state index contributed by atoms with van der Waals surface area (Å²) in [4.78, 5) is 0. The van der Waals surface area contributed by atoms with Gasteiger partial charge in [0.25, 0.3) is 0 Å². The second kappa shape index (κ2) is 3.35. The molecule has 1 aliphatic rings. The number of hydrogen-bond donors (Lipinski definition) is 0. The lowest BCUT2D eigenvalue weighted by molar-refractivity contribution is 0.436. The molecule has 0 amide bonds. The molecule has 0 heterocycles. The monoisotopic (exact) mass is 210 g/mol. The van der Waals surface area contributed by atoms with Crippen LogP contribution in [0, 0.1) is 0 Å². The van der Waals surface area contributed by atoms with Gasteiger partial charge in [0.05, 0.1) is 0 Å². The van der Waals surface area contributed by atoms with Crippen molar-refractivity contribution in [3.8, 4) is 0 Å². The third-order valence-electron chi connectivity index (χ3n) is 3.94. The van der Waals surface area contributed by atoms with Crippen LogP contribution in [-0.2, 0) is 11.8 Å². The minimum atomic E-state index is 0.342. The molecule has 82 valence electrons. The molecule has 0 spiro atoms. The van der Waals surface area contributed by atoms with Crippen LogP contribution in [0.3, 0.4) is 0 Å². The van der Waals surface area contributed by atoms with Crippen LogP contribution in [0.15, 0.2) is 36.4 Å². The first-order valence-electron chi connectivity index (χ1n) is 6.20. The van der Waals surface area contributed by atoms with E-state index in [1.165, 1.54) is 30.0 Å². The highest BCUT2D eigenvalue weighted by Crippen LogP contribution is 2.40. The lowest BCUT2D eigenvalue weighted by Crippen LogP contribution is -2.24. The Morgan fingerprint density at radius 2 is 1.81 bits per heavy atom. The van der Waals surface area contributed by atoms with Crippen LogP contribution in [0.5, 0.6) is 0 Å². The second-order valence-electron chi connectivity index (χ2n) is 5.56. The van der Waals surface area contributed by atoms with Crippen molar-refractivity contribution in [1.29, 1.82) is 0 Å². The van der Waals surface area contributed by atoms with Gasteiger partial charge in [0.2, 0.25) is 0 Å². The summed E-state index contributed by atoms with van der Waals surface area (Å²) >= 11 is 0. The summed E-state index contributed by atoms with van der Waals surface area (Å²) in [7, 11) is 0. The lowest BCUT2D eigenvalue weighted by Gasteiger charge is -2.33. The summed E-state index contributed by atoms with van der Waals surface area (Å²) in [6, 6.07) is 13.4. The van der Waals surface area contributed by atoms with Crippen molar-refractivity contribution in [2.45, 2.75) is 38.5 Å². The number of rotatable bonds is 0. The van der Waals surface area contributed by atoms with Crippen molar-refractivity contribution in [3.05, 3.63) is 47.5 Å². The van der Waals surface area contributed by atoms with Crippen molar-refractivity contribution in [3.63, 3.8) is 0 Å². The van der Waals surface area contributed by atoms with Crippen molar-refractivity contribution < 1.29 is 0 Å². The molecule has 0 aromatic heterocycles.